The number of alkyl halides is 1. The molecular formula is C13H15IO3. The van der Waals surface area contributed by atoms with Crippen molar-refractivity contribution >= 4 is 39.7 Å². The van der Waals surface area contributed by atoms with E-state index in [-0.39, 0.29) is 9.89 Å². The number of hydrogen-bond acceptors (Lipinski definition) is 3. The fourth-order valence-electron chi connectivity index (χ4n) is 1.80. The molecule has 0 aromatic carbocycles. The lowest BCUT2D eigenvalue weighted by Crippen LogP contribution is -2.29. The van der Waals surface area contributed by atoms with Crippen molar-refractivity contribution in [1.29, 1.82) is 0 Å². The molecular weight excluding hydrogens is 331 g/mol. The van der Waals surface area contributed by atoms with Crippen LogP contribution < -0.4 is 0 Å². The third-order valence-electron chi connectivity index (χ3n) is 2.80. The first-order valence-electron chi connectivity index (χ1n) is 5.63. The quantitative estimate of drug-likeness (QED) is 0.479. The van der Waals surface area contributed by atoms with E-state index in [2.05, 4.69) is 22.6 Å². The minimum Gasteiger partial charge on any atom is -0.457 e. The second kappa shape index (κ2) is 4.48. The predicted molar refractivity (Wildman–Crippen MR) is 74.6 cm³/mol. The minimum atomic E-state index is -0.641. The van der Waals surface area contributed by atoms with Gasteiger partial charge in [-0.25, -0.2) is 0 Å². The van der Waals surface area contributed by atoms with E-state index in [1.807, 2.05) is 39.0 Å². The van der Waals surface area contributed by atoms with Gasteiger partial charge < -0.3 is 9.15 Å². The van der Waals surface area contributed by atoms with Crippen molar-refractivity contribution in [2.24, 2.45) is 0 Å². The molecule has 0 radical (unpaired) electrons. The Kier molecular flexibility index (Phi) is 3.34. The van der Waals surface area contributed by atoms with Crippen LogP contribution in [0.5, 0.6) is 0 Å². The van der Waals surface area contributed by atoms with Crippen molar-refractivity contribution in [3.8, 4) is 0 Å². The molecule has 0 aliphatic rings. The number of esters is 1. The van der Waals surface area contributed by atoms with Crippen LogP contribution in [-0.4, -0.2) is 9.89 Å². The number of ether oxygens (including phenoxy) is 1. The zero-order chi connectivity index (χ0) is 12.6. The van der Waals surface area contributed by atoms with Crippen molar-refractivity contribution in [1.82, 2.24) is 0 Å². The van der Waals surface area contributed by atoms with Crippen molar-refractivity contribution in [2.45, 2.75) is 36.7 Å². The summed E-state index contributed by atoms with van der Waals surface area (Å²) >= 11 is 2.11. The summed E-state index contributed by atoms with van der Waals surface area (Å²) in [4.78, 5) is 11.8. The molecule has 0 aliphatic carbocycles. The van der Waals surface area contributed by atoms with Gasteiger partial charge in [-0.3, -0.25) is 4.79 Å². The molecule has 0 spiro atoms. The van der Waals surface area contributed by atoms with E-state index in [0.29, 0.717) is 0 Å². The van der Waals surface area contributed by atoms with Crippen LogP contribution in [-0.2, 0) is 15.1 Å². The molecule has 0 N–H and O–H groups in total. The Balaban J connectivity index is 2.19. The van der Waals surface area contributed by atoms with Gasteiger partial charge in [0.2, 0.25) is 0 Å². The van der Waals surface area contributed by atoms with Crippen LogP contribution in [0.4, 0.5) is 0 Å². The maximum atomic E-state index is 11.8. The van der Waals surface area contributed by atoms with E-state index >= 15 is 0 Å². The Hall–Kier alpha value is -0.780. The molecule has 2 rings (SSSR count). The van der Waals surface area contributed by atoms with E-state index in [4.69, 9.17) is 9.15 Å². The lowest BCUT2D eigenvalue weighted by molar-refractivity contribution is -0.156. The van der Waals surface area contributed by atoms with E-state index in [0.717, 1.165) is 23.2 Å². The van der Waals surface area contributed by atoms with Gasteiger partial charge in [0, 0.05) is 5.56 Å². The summed E-state index contributed by atoms with van der Waals surface area (Å²) in [5.74, 6) is -0.170. The van der Waals surface area contributed by atoms with Crippen molar-refractivity contribution in [3.05, 3.63) is 23.8 Å². The molecule has 0 fully saturated rings. The molecule has 3 nitrogen and oxygen atoms in total. The summed E-state index contributed by atoms with van der Waals surface area (Å²) in [6.45, 7) is 5.75. The van der Waals surface area contributed by atoms with Gasteiger partial charge in [0.25, 0.3) is 0 Å². The molecule has 1 atom stereocenters. The van der Waals surface area contributed by atoms with Crippen LogP contribution in [0.1, 0.15) is 32.8 Å². The van der Waals surface area contributed by atoms with E-state index in [1.54, 1.807) is 0 Å². The van der Waals surface area contributed by atoms with E-state index in [1.165, 1.54) is 0 Å². The molecule has 0 saturated carbocycles. The number of furan rings is 2. The first-order chi connectivity index (χ1) is 7.94. The van der Waals surface area contributed by atoms with Crippen LogP contribution >= 0.6 is 22.6 Å². The smallest absolute Gasteiger partial charge is 0.319 e. The monoisotopic (exact) mass is 346 g/mol. The van der Waals surface area contributed by atoms with Gasteiger partial charge in [-0.2, -0.15) is 0 Å². The van der Waals surface area contributed by atoms with Gasteiger partial charge in [0.05, 0.1) is 0 Å². The number of halogens is 1. The summed E-state index contributed by atoms with van der Waals surface area (Å²) in [7, 11) is 0. The standard InChI is InChI=1S/C13H15IO3/c1-4-10(14)12(15)17-13(2,3)9-7-8-5-6-11(9)16-8/h5-7,10H,4H2,1-3H3. The van der Waals surface area contributed by atoms with Crippen LogP contribution in [0.3, 0.4) is 0 Å². The van der Waals surface area contributed by atoms with Crippen molar-refractivity contribution in [2.75, 3.05) is 0 Å². The molecule has 0 saturated heterocycles. The normalized spacial score (nSPS) is 14.1. The second-order valence-corrected chi connectivity index (χ2v) is 6.07. The number of hydrogen-bond donors (Lipinski definition) is 0. The van der Waals surface area contributed by atoms with Gasteiger partial charge in [0.1, 0.15) is 20.7 Å². The number of carbonyl (C=O) groups is 1. The zero-order valence-electron chi connectivity index (χ0n) is 10.1. The molecule has 2 bridgehead atoms. The third kappa shape index (κ3) is 2.41. The predicted octanol–water partition coefficient (Wildman–Crippen LogP) is 3.86. The fourth-order valence-corrected chi connectivity index (χ4v) is 1.92. The summed E-state index contributed by atoms with van der Waals surface area (Å²) in [5, 5.41) is 0. The molecule has 0 aliphatic heterocycles. The Bertz CT molecular complexity index is 515. The zero-order valence-corrected chi connectivity index (χ0v) is 12.3. The van der Waals surface area contributed by atoms with Crippen LogP contribution in [0.2, 0.25) is 0 Å². The third-order valence-corrected chi connectivity index (χ3v) is 4.19. The molecule has 0 amide bonds. The van der Waals surface area contributed by atoms with Crippen molar-refractivity contribution in [3.63, 3.8) is 0 Å². The average molecular weight is 346 g/mol. The largest absolute Gasteiger partial charge is 0.457 e. The lowest BCUT2D eigenvalue weighted by atomic mass is 9.98. The lowest BCUT2D eigenvalue weighted by Gasteiger charge is -2.25. The van der Waals surface area contributed by atoms with Gasteiger partial charge in [-0.1, -0.05) is 29.5 Å². The highest BCUT2D eigenvalue weighted by Gasteiger charge is 2.31. The molecule has 2 aromatic rings. The highest BCUT2D eigenvalue weighted by atomic mass is 127. The van der Waals surface area contributed by atoms with Crippen LogP contribution in [0, 0.1) is 0 Å². The number of benzene rings is 1. The Morgan fingerprint density at radius 2 is 2.24 bits per heavy atom. The van der Waals surface area contributed by atoms with E-state index < -0.39 is 5.60 Å². The average Bonchev–Trinajstić information content (AvgIpc) is 2.89. The first kappa shape index (κ1) is 12.7. The Labute approximate surface area is 114 Å². The maximum Gasteiger partial charge on any atom is 0.319 e. The van der Waals surface area contributed by atoms with E-state index in [9.17, 15) is 4.79 Å². The van der Waals surface area contributed by atoms with Gasteiger partial charge >= 0.3 is 5.97 Å². The summed E-state index contributed by atoms with van der Waals surface area (Å²) in [6.07, 6.45) is 0.777. The highest BCUT2D eigenvalue weighted by Crippen LogP contribution is 2.34. The summed E-state index contributed by atoms with van der Waals surface area (Å²) < 4.78 is 10.9. The molecule has 1 unspecified atom stereocenters. The molecule has 4 heteroatoms. The maximum absolute atomic E-state index is 11.8. The first-order valence-corrected chi connectivity index (χ1v) is 6.88. The van der Waals surface area contributed by atoms with Crippen LogP contribution in [0.15, 0.2) is 22.6 Å². The fraction of sp³-hybridized carbons (Fsp3) is 0.462. The number of carbonyl (C=O) groups excluding carboxylic acids is 1. The molecule has 92 valence electrons. The topological polar surface area (TPSA) is 39.4 Å². The summed E-state index contributed by atoms with van der Waals surface area (Å²) in [6, 6.07) is 5.74. The van der Waals surface area contributed by atoms with Gasteiger partial charge in [-0.15, -0.1) is 0 Å². The molecule has 2 aromatic heterocycles. The Morgan fingerprint density at radius 1 is 1.53 bits per heavy atom. The SMILES string of the molecule is CCC(I)C(=O)OC(C)(C)c1cc2ccc1o2. The molecule has 2 heterocycles. The molecule has 17 heavy (non-hydrogen) atoms. The van der Waals surface area contributed by atoms with Crippen LogP contribution in [0.25, 0.3) is 11.2 Å². The van der Waals surface area contributed by atoms with Gasteiger partial charge in [0.15, 0.2) is 0 Å². The van der Waals surface area contributed by atoms with Crippen molar-refractivity contribution < 1.29 is 13.9 Å². The van der Waals surface area contributed by atoms with Gasteiger partial charge in [-0.05, 0) is 38.5 Å². The second-order valence-electron chi connectivity index (χ2n) is 4.57. The highest BCUT2D eigenvalue weighted by molar-refractivity contribution is 14.1. The number of rotatable bonds is 4. The Morgan fingerprint density at radius 3 is 2.71 bits per heavy atom. The minimum absolute atomic E-state index is 0.0971. The number of fused-ring (bicyclic) bond motifs is 2. The summed E-state index contributed by atoms with van der Waals surface area (Å²) in [5.41, 5.74) is 1.90.